The molecule has 0 bridgehead atoms. The van der Waals surface area contributed by atoms with Crippen LogP contribution >= 0.6 is 0 Å². The van der Waals surface area contributed by atoms with Crippen LogP contribution in [0.4, 0.5) is 13.2 Å². The number of halogens is 3. The number of alkyl halides is 3. The molecule has 8 heteroatoms. The molecule has 2 unspecified atom stereocenters. The average molecular weight is 501 g/mol. The molecular weight excluding hydrogens is 461 g/mol. The zero-order valence-electron chi connectivity index (χ0n) is 20.9. The van der Waals surface area contributed by atoms with Gasteiger partial charge in [0.2, 0.25) is 0 Å². The first-order chi connectivity index (χ1) is 16.2. The summed E-state index contributed by atoms with van der Waals surface area (Å²) in [6, 6.07) is 0. The second-order valence-corrected chi connectivity index (χ2v) is 11.1. The maximum atomic E-state index is 12.9. The molecule has 0 radical (unpaired) electrons. The van der Waals surface area contributed by atoms with Gasteiger partial charge in [-0.05, 0) is 81.3 Å². The molecule has 3 N–H and O–H groups in total. The Kier molecular flexibility index (Phi) is 8.29. The Bertz CT molecular complexity index is 875. The molecule has 35 heavy (non-hydrogen) atoms. The highest BCUT2D eigenvalue weighted by Gasteiger charge is 2.52. The van der Waals surface area contributed by atoms with E-state index in [4.69, 9.17) is 4.74 Å². The maximum absolute atomic E-state index is 12.9. The standard InChI is InChI=1S/C27H39F3O5/c1-16-19(14-20(31)15-23(16)32)8-7-18-6-5-12-25(3)21(9-10-22(18)25)17(2)35-24(33)11-13-26(4,34)27(28,29)30/h7-8,17,20-23,31-32,34H,1,5-6,9-15H2,2-4H3/b18-7+,19-8-/t17-,20+,21?,22-,23-,25+,26?/m0/s1. The van der Waals surface area contributed by atoms with E-state index in [0.29, 0.717) is 31.3 Å². The minimum Gasteiger partial charge on any atom is -0.462 e. The molecule has 3 aliphatic carbocycles. The van der Waals surface area contributed by atoms with Crippen LogP contribution in [-0.2, 0) is 9.53 Å². The molecule has 0 aliphatic heterocycles. The van der Waals surface area contributed by atoms with Gasteiger partial charge in [0.15, 0.2) is 5.60 Å². The fourth-order valence-corrected chi connectivity index (χ4v) is 6.35. The van der Waals surface area contributed by atoms with Crippen molar-refractivity contribution in [3.63, 3.8) is 0 Å². The summed E-state index contributed by atoms with van der Waals surface area (Å²) in [6.45, 7) is 8.67. The second kappa shape index (κ2) is 10.4. The predicted molar refractivity (Wildman–Crippen MR) is 126 cm³/mol. The topological polar surface area (TPSA) is 87.0 Å². The summed E-state index contributed by atoms with van der Waals surface area (Å²) in [6.07, 6.45) is 1.78. The van der Waals surface area contributed by atoms with E-state index in [0.717, 1.165) is 37.7 Å². The van der Waals surface area contributed by atoms with Crippen LogP contribution in [0.1, 0.15) is 78.6 Å². The van der Waals surface area contributed by atoms with Gasteiger partial charge in [-0.25, -0.2) is 0 Å². The lowest BCUT2D eigenvalue weighted by atomic mass is 9.62. The van der Waals surface area contributed by atoms with Crippen LogP contribution in [0.5, 0.6) is 0 Å². The van der Waals surface area contributed by atoms with E-state index in [2.05, 4.69) is 19.6 Å². The van der Waals surface area contributed by atoms with Gasteiger partial charge >= 0.3 is 12.1 Å². The first-order valence-corrected chi connectivity index (χ1v) is 12.6. The van der Waals surface area contributed by atoms with Crippen molar-refractivity contribution >= 4 is 5.97 Å². The summed E-state index contributed by atoms with van der Waals surface area (Å²) < 4.78 is 44.2. The molecule has 7 atom stereocenters. The molecule has 0 aromatic carbocycles. The van der Waals surface area contributed by atoms with Gasteiger partial charge in [0.25, 0.3) is 0 Å². The van der Waals surface area contributed by atoms with Crippen LogP contribution in [0.25, 0.3) is 0 Å². The number of aliphatic hydroxyl groups is 3. The number of carbonyl (C=O) groups is 1. The highest BCUT2D eigenvalue weighted by atomic mass is 19.4. The van der Waals surface area contributed by atoms with Crippen molar-refractivity contribution < 1.29 is 38.0 Å². The van der Waals surface area contributed by atoms with Crippen LogP contribution < -0.4 is 0 Å². The molecule has 0 aromatic rings. The van der Waals surface area contributed by atoms with Crippen LogP contribution in [-0.4, -0.2) is 51.4 Å². The highest BCUT2D eigenvalue weighted by molar-refractivity contribution is 5.69. The fraction of sp³-hybridized carbons (Fsp3) is 0.741. The zero-order valence-corrected chi connectivity index (χ0v) is 20.9. The van der Waals surface area contributed by atoms with Crippen molar-refractivity contribution in [3.05, 3.63) is 35.5 Å². The molecule has 3 rings (SSSR count). The Balaban J connectivity index is 1.66. The molecule has 3 fully saturated rings. The number of ether oxygens (including phenoxy) is 1. The van der Waals surface area contributed by atoms with Gasteiger partial charge in [-0.3, -0.25) is 4.79 Å². The number of fused-ring (bicyclic) bond motifs is 1. The number of carbonyl (C=O) groups excluding carboxylic acids is 1. The lowest BCUT2D eigenvalue weighted by molar-refractivity contribution is -0.255. The summed E-state index contributed by atoms with van der Waals surface area (Å²) in [5, 5.41) is 29.7. The molecule has 5 nitrogen and oxygen atoms in total. The molecule has 0 amide bonds. The quantitative estimate of drug-likeness (QED) is 0.439. The van der Waals surface area contributed by atoms with E-state index in [-0.39, 0.29) is 11.3 Å². The minimum absolute atomic E-state index is 0.0872. The van der Waals surface area contributed by atoms with E-state index in [9.17, 15) is 33.3 Å². The Labute approximate surface area is 205 Å². The molecule has 0 heterocycles. The Morgan fingerprint density at radius 1 is 1.29 bits per heavy atom. The van der Waals surface area contributed by atoms with Gasteiger partial charge in [-0.15, -0.1) is 0 Å². The Morgan fingerprint density at radius 3 is 2.63 bits per heavy atom. The fourth-order valence-electron chi connectivity index (χ4n) is 6.35. The monoisotopic (exact) mass is 500 g/mol. The number of allylic oxidation sites excluding steroid dienone is 3. The van der Waals surface area contributed by atoms with E-state index in [1.165, 1.54) is 5.57 Å². The lowest BCUT2D eigenvalue weighted by Gasteiger charge is -2.44. The van der Waals surface area contributed by atoms with Crippen molar-refractivity contribution in [1.29, 1.82) is 0 Å². The summed E-state index contributed by atoms with van der Waals surface area (Å²) in [5.74, 6) is -0.334. The third-order valence-corrected chi connectivity index (χ3v) is 8.61. The van der Waals surface area contributed by atoms with E-state index in [1.807, 2.05) is 13.0 Å². The Morgan fingerprint density at radius 2 is 1.97 bits per heavy atom. The van der Waals surface area contributed by atoms with E-state index in [1.54, 1.807) is 0 Å². The number of hydrogen-bond acceptors (Lipinski definition) is 5. The van der Waals surface area contributed by atoms with Crippen LogP contribution in [0.3, 0.4) is 0 Å². The summed E-state index contributed by atoms with van der Waals surface area (Å²) in [5.41, 5.74) is -0.200. The molecular formula is C27H39F3O5. The van der Waals surface area contributed by atoms with Gasteiger partial charge < -0.3 is 20.1 Å². The maximum Gasteiger partial charge on any atom is 0.416 e. The lowest BCUT2D eigenvalue weighted by Crippen LogP contribution is -2.43. The number of esters is 1. The smallest absolute Gasteiger partial charge is 0.416 e. The summed E-state index contributed by atoms with van der Waals surface area (Å²) in [4.78, 5) is 12.3. The van der Waals surface area contributed by atoms with Gasteiger partial charge in [0.1, 0.15) is 6.10 Å². The number of aliphatic hydroxyl groups excluding tert-OH is 2. The number of rotatable bonds is 6. The highest BCUT2D eigenvalue weighted by Crippen LogP contribution is 2.58. The van der Waals surface area contributed by atoms with Gasteiger partial charge in [-0.1, -0.05) is 31.2 Å². The van der Waals surface area contributed by atoms with Crippen LogP contribution in [0, 0.1) is 17.3 Å². The zero-order chi connectivity index (χ0) is 26.2. The van der Waals surface area contributed by atoms with Crippen molar-refractivity contribution in [2.75, 3.05) is 0 Å². The van der Waals surface area contributed by atoms with Crippen LogP contribution in [0.2, 0.25) is 0 Å². The SMILES string of the molecule is C=C1/C(=C\C=C2/CCC[C@]3(C)C([C@H](C)OC(=O)CCC(C)(O)C(F)(F)F)CC[C@@H]23)C[C@@H](O)C[C@@H]1O. The third kappa shape index (κ3) is 6.03. The Hall–Kier alpha value is -1.64. The predicted octanol–water partition coefficient (Wildman–Crippen LogP) is 5.15. The van der Waals surface area contributed by atoms with Crippen molar-refractivity contribution in [2.24, 2.45) is 17.3 Å². The second-order valence-electron chi connectivity index (χ2n) is 11.1. The van der Waals surface area contributed by atoms with Crippen molar-refractivity contribution in [2.45, 2.75) is 109 Å². The summed E-state index contributed by atoms with van der Waals surface area (Å²) >= 11 is 0. The third-order valence-electron chi connectivity index (χ3n) is 8.61. The van der Waals surface area contributed by atoms with Gasteiger partial charge in [0, 0.05) is 18.8 Å². The van der Waals surface area contributed by atoms with E-state index >= 15 is 0 Å². The molecule has 3 aliphatic rings. The molecule has 198 valence electrons. The largest absolute Gasteiger partial charge is 0.462 e. The first-order valence-electron chi connectivity index (χ1n) is 12.6. The summed E-state index contributed by atoms with van der Waals surface area (Å²) in [7, 11) is 0. The number of hydrogen-bond donors (Lipinski definition) is 3. The molecule has 0 spiro atoms. The van der Waals surface area contributed by atoms with Gasteiger partial charge in [-0.2, -0.15) is 13.2 Å². The average Bonchev–Trinajstić information content (AvgIpc) is 3.10. The molecule has 0 aromatic heterocycles. The van der Waals surface area contributed by atoms with E-state index < -0.39 is 48.9 Å². The van der Waals surface area contributed by atoms with Crippen molar-refractivity contribution in [3.8, 4) is 0 Å². The van der Waals surface area contributed by atoms with Crippen molar-refractivity contribution in [1.82, 2.24) is 0 Å². The van der Waals surface area contributed by atoms with Crippen LogP contribution in [0.15, 0.2) is 35.5 Å². The minimum atomic E-state index is -4.80. The molecule has 3 saturated carbocycles. The molecule has 0 saturated heterocycles. The van der Waals surface area contributed by atoms with Gasteiger partial charge in [0.05, 0.1) is 12.2 Å². The normalized spacial score (nSPS) is 36.7. The first kappa shape index (κ1) is 27.9.